The Kier molecular flexibility index (Phi) is 3.39. The molecule has 2 fully saturated rings. The fourth-order valence-electron chi connectivity index (χ4n) is 3.58. The number of fused-ring (bicyclic) bond motifs is 2. The van der Waals surface area contributed by atoms with Crippen molar-refractivity contribution >= 4 is 22.9 Å². The van der Waals surface area contributed by atoms with Crippen LogP contribution in [0.15, 0.2) is 36.4 Å². The maximum Gasteiger partial charge on any atom is 0.261 e. The van der Waals surface area contributed by atoms with Crippen molar-refractivity contribution in [1.82, 2.24) is 10.6 Å². The van der Waals surface area contributed by atoms with Gasteiger partial charge in [0.05, 0.1) is 4.88 Å². The molecule has 1 aromatic heterocycles. The highest BCUT2D eigenvalue weighted by Gasteiger charge is 2.40. The Morgan fingerprint density at radius 1 is 1.23 bits per heavy atom. The number of nitrogens with two attached hydrogens (primary N) is 1. The van der Waals surface area contributed by atoms with E-state index in [-0.39, 0.29) is 5.91 Å². The molecule has 1 aliphatic heterocycles. The van der Waals surface area contributed by atoms with Gasteiger partial charge >= 0.3 is 0 Å². The molecule has 1 saturated heterocycles. The Bertz CT molecular complexity index is 711. The number of carbonyl (C=O) groups excluding carboxylic acids is 1. The zero-order valence-electron chi connectivity index (χ0n) is 12.2. The molecule has 4 nitrogen and oxygen atoms in total. The lowest BCUT2D eigenvalue weighted by Gasteiger charge is -2.23. The van der Waals surface area contributed by atoms with Crippen LogP contribution in [0.1, 0.15) is 22.5 Å². The van der Waals surface area contributed by atoms with E-state index in [0.717, 1.165) is 34.0 Å². The van der Waals surface area contributed by atoms with E-state index in [1.807, 2.05) is 36.4 Å². The van der Waals surface area contributed by atoms with Crippen molar-refractivity contribution < 1.29 is 4.79 Å². The van der Waals surface area contributed by atoms with E-state index in [9.17, 15) is 4.79 Å². The molecule has 1 saturated carbocycles. The summed E-state index contributed by atoms with van der Waals surface area (Å²) in [6.07, 6.45) is 2.25. The van der Waals surface area contributed by atoms with Crippen LogP contribution in [0, 0.1) is 5.92 Å². The van der Waals surface area contributed by atoms with Crippen molar-refractivity contribution in [2.75, 3.05) is 12.3 Å². The molecule has 5 heteroatoms. The molecule has 0 radical (unpaired) electrons. The van der Waals surface area contributed by atoms with Gasteiger partial charge in [-0.15, -0.1) is 11.3 Å². The number of hydrogen-bond donors (Lipinski definition) is 3. The van der Waals surface area contributed by atoms with Crippen LogP contribution in [0.2, 0.25) is 0 Å². The monoisotopic (exact) mass is 313 g/mol. The lowest BCUT2D eigenvalue weighted by Crippen LogP contribution is -2.43. The third-order valence-electron chi connectivity index (χ3n) is 4.74. The topological polar surface area (TPSA) is 67.2 Å². The van der Waals surface area contributed by atoms with Gasteiger partial charge in [-0.3, -0.25) is 4.79 Å². The van der Waals surface area contributed by atoms with Crippen molar-refractivity contribution in [3.05, 3.63) is 41.3 Å². The standard InChI is InChI=1S/C17H19N3OS/c18-13-4-2-1-3-12(13)15-5-6-16(22-15)17(21)20-14-8-11-7-10(14)9-19-11/h1-6,10-11,14,19H,7-9,18H2,(H,20,21). The zero-order chi connectivity index (χ0) is 15.1. The second-order valence-corrected chi connectivity index (χ2v) is 7.25. The van der Waals surface area contributed by atoms with Gasteiger partial charge in [-0.05, 0) is 37.0 Å². The first-order valence-corrected chi connectivity index (χ1v) is 8.51. The van der Waals surface area contributed by atoms with Crippen molar-refractivity contribution in [3.63, 3.8) is 0 Å². The molecule has 2 aromatic rings. The highest BCUT2D eigenvalue weighted by Crippen LogP contribution is 2.34. The number of nitrogen functional groups attached to an aromatic ring is 1. The quantitative estimate of drug-likeness (QED) is 0.763. The second kappa shape index (κ2) is 5.41. The smallest absolute Gasteiger partial charge is 0.261 e. The molecule has 1 aromatic carbocycles. The number of anilines is 1. The predicted octanol–water partition coefficient (Wildman–Crippen LogP) is 2.48. The Morgan fingerprint density at radius 2 is 2.09 bits per heavy atom. The number of benzene rings is 1. The molecular formula is C17H19N3OS. The average molecular weight is 313 g/mol. The molecule has 1 aliphatic carbocycles. The molecule has 2 bridgehead atoms. The Morgan fingerprint density at radius 3 is 2.82 bits per heavy atom. The minimum absolute atomic E-state index is 0.0447. The summed E-state index contributed by atoms with van der Waals surface area (Å²) >= 11 is 1.50. The lowest BCUT2D eigenvalue weighted by molar-refractivity contribution is 0.0929. The zero-order valence-corrected chi connectivity index (χ0v) is 13.0. The molecule has 4 N–H and O–H groups in total. The van der Waals surface area contributed by atoms with Crippen LogP contribution in [-0.2, 0) is 0 Å². The van der Waals surface area contributed by atoms with Crippen LogP contribution in [-0.4, -0.2) is 24.5 Å². The number of piperidine rings is 1. The molecule has 3 atom stereocenters. The first kappa shape index (κ1) is 13.8. The summed E-state index contributed by atoms with van der Waals surface area (Å²) in [6.45, 7) is 1.03. The Hall–Kier alpha value is -1.85. The summed E-state index contributed by atoms with van der Waals surface area (Å²) in [4.78, 5) is 14.3. The van der Waals surface area contributed by atoms with E-state index in [1.54, 1.807) is 0 Å². The van der Waals surface area contributed by atoms with E-state index >= 15 is 0 Å². The first-order valence-electron chi connectivity index (χ1n) is 7.69. The predicted molar refractivity (Wildman–Crippen MR) is 89.9 cm³/mol. The van der Waals surface area contributed by atoms with Gasteiger partial charge in [0, 0.05) is 34.8 Å². The summed E-state index contributed by atoms with van der Waals surface area (Å²) in [7, 11) is 0. The van der Waals surface area contributed by atoms with Crippen molar-refractivity contribution in [3.8, 4) is 10.4 Å². The van der Waals surface area contributed by atoms with Crippen LogP contribution in [0.25, 0.3) is 10.4 Å². The first-order chi connectivity index (χ1) is 10.7. The highest BCUT2D eigenvalue weighted by molar-refractivity contribution is 7.17. The van der Waals surface area contributed by atoms with Gasteiger partial charge in [-0.25, -0.2) is 0 Å². The Balaban J connectivity index is 1.49. The van der Waals surface area contributed by atoms with Crippen LogP contribution in [0.5, 0.6) is 0 Å². The van der Waals surface area contributed by atoms with Gasteiger partial charge in [0.25, 0.3) is 5.91 Å². The van der Waals surface area contributed by atoms with Crippen LogP contribution >= 0.6 is 11.3 Å². The van der Waals surface area contributed by atoms with E-state index in [4.69, 9.17) is 5.73 Å². The van der Waals surface area contributed by atoms with Gasteiger partial charge in [-0.2, -0.15) is 0 Å². The summed E-state index contributed by atoms with van der Waals surface area (Å²) in [5, 5.41) is 6.67. The third-order valence-corrected chi connectivity index (χ3v) is 5.85. The summed E-state index contributed by atoms with van der Waals surface area (Å²) < 4.78 is 0. The number of hydrogen-bond acceptors (Lipinski definition) is 4. The van der Waals surface area contributed by atoms with Crippen LogP contribution in [0.3, 0.4) is 0 Å². The van der Waals surface area contributed by atoms with E-state index in [0.29, 0.717) is 18.0 Å². The lowest BCUT2D eigenvalue weighted by atomic mass is 10.0. The molecule has 114 valence electrons. The Labute approximate surface area is 133 Å². The number of thiophene rings is 1. The number of amides is 1. The summed E-state index contributed by atoms with van der Waals surface area (Å²) in [5.41, 5.74) is 7.75. The van der Waals surface area contributed by atoms with Crippen molar-refractivity contribution in [2.45, 2.75) is 24.9 Å². The number of nitrogens with one attached hydrogen (secondary N) is 2. The molecular weight excluding hydrogens is 294 g/mol. The molecule has 2 aliphatic rings. The summed E-state index contributed by atoms with van der Waals surface area (Å²) in [6, 6.07) is 12.6. The maximum absolute atomic E-state index is 12.5. The largest absolute Gasteiger partial charge is 0.398 e. The fraction of sp³-hybridized carbons (Fsp3) is 0.353. The highest BCUT2D eigenvalue weighted by atomic mass is 32.1. The normalized spacial score (nSPS) is 26.3. The minimum Gasteiger partial charge on any atom is -0.398 e. The molecule has 4 rings (SSSR count). The number of carbonyl (C=O) groups is 1. The van der Waals surface area contributed by atoms with E-state index in [1.165, 1.54) is 17.8 Å². The van der Waals surface area contributed by atoms with Crippen LogP contribution in [0.4, 0.5) is 5.69 Å². The maximum atomic E-state index is 12.5. The fourth-order valence-corrected chi connectivity index (χ4v) is 4.53. The van der Waals surface area contributed by atoms with Gasteiger partial charge in [-0.1, -0.05) is 18.2 Å². The molecule has 1 amide bonds. The third kappa shape index (κ3) is 2.40. The molecule has 0 spiro atoms. The molecule has 2 heterocycles. The molecule has 22 heavy (non-hydrogen) atoms. The van der Waals surface area contributed by atoms with Gasteiger partial charge in [0.15, 0.2) is 0 Å². The van der Waals surface area contributed by atoms with E-state index < -0.39 is 0 Å². The molecule has 3 unspecified atom stereocenters. The van der Waals surface area contributed by atoms with E-state index in [2.05, 4.69) is 10.6 Å². The second-order valence-electron chi connectivity index (χ2n) is 6.17. The average Bonchev–Trinajstić information content (AvgIpc) is 3.24. The van der Waals surface area contributed by atoms with Gasteiger partial charge in [0.2, 0.25) is 0 Å². The van der Waals surface area contributed by atoms with Crippen molar-refractivity contribution in [2.24, 2.45) is 5.92 Å². The minimum atomic E-state index is 0.0447. The van der Waals surface area contributed by atoms with Gasteiger partial charge in [0.1, 0.15) is 0 Å². The van der Waals surface area contributed by atoms with Gasteiger partial charge < -0.3 is 16.4 Å². The van der Waals surface area contributed by atoms with Crippen LogP contribution < -0.4 is 16.4 Å². The van der Waals surface area contributed by atoms with Crippen molar-refractivity contribution in [1.29, 1.82) is 0 Å². The summed E-state index contributed by atoms with van der Waals surface area (Å²) in [5.74, 6) is 0.640. The number of para-hydroxylation sites is 1. The number of rotatable bonds is 3. The SMILES string of the molecule is Nc1ccccc1-c1ccc(C(=O)NC2CC3CC2CN3)s1.